The molecule has 0 fully saturated rings. The number of nitrogens with one attached hydrogen (secondary N) is 1. The fourth-order valence-electron chi connectivity index (χ4n) is 3.54. The maximum Gasteiger partial charge on any atom is 0.321 e. The second-order valence-corrected chi connectivity index (χ2v) is 9.70. The smallest absolute Gasteiger partial charge is 0.321 e. The van der Waals surface area contributed by atoms with Gasteiger partial charge in [0.1, 0.15) is 12.1 Å². The van der Waals surface area contributed by atoms with Crippen LogP contribution in [0.15, 0.2) is 18.2 Å². The zero-order valence-corrected chi connectivity index (χ0v) is 23.5. The van der Waals surface area contributed by atoms with Crippen molar-refractivity contribution in [2.75, 3.05) is 6.54 Å². The molecule has 38 heavy (non-hydrogen) atoms. The van der Waals surface area contributed by atoms with E-state index in [1.54, 1.807) is 19.9 Å². The zero-order valence-electron chi connectivity index (χ0n) is 23.5. The van der Waals surface area contributed by atoms with Crippen LogP contribution in [0.5, 0.6) is 11.5 Å². The monoisotopic (exact) mass is 535 g/mol. The number of rotatable bonds is 19. The number of carboxylic acids is 1. The Bertz CT molecular complexity index is 901. The zero-order chi connectivity index (χ0) is 28.5. The Hall–Kier alpha value is -2.94. The Kier molecular flexibility index (Phi) is 16.0. The van der Waals surface area contributed by atoms with Gasteiger partial charge in [-0.3, -0.25) is 19.2 Å². The maximum absolute atomic E-state index is 12.4. The van der Waals surface area contributed by atoms with Crippen molar-refractivity contribution >= 4 is 23.9 Å². The molecule has 0 heterocycles. The number of ether oxygens (including phenoxy) is 3. The lowest BCUT2D eigenvalue weighted by molar-refractivity contribution is -0.152. The number of hydrogen-bond acceptors (Lipinski definition) is 8. The first-order chi connectivity index (χ1) is 18.1. The molecular formula is C29H45NO8. The molecule has 1 aromatic carbocycles. The Morgan fingerprint density at radius 3 is 1.97 bits per heavy atom. The fraction of sp³-hybridized carbons (Fsp3) is 0.655. The highest BCUT2D eigenvalue weighted by Gasteiger charge is 2.22. The Morgan fingerprint density at radius 2 is 1.45 bits per heavy atom. The Labute approximate surface area is 226 Å². The van der Waals surface area contributed by atoms with Crippen LogP contribution in [0.4, 0.5) is 0 Å². The third-order valence-electron chi connectivity index (χ3n) is 6.15. The highest BCUT2D eigenvalue weighted by Crippen LogP contribution is 2.30. The number of aliphatic carboxylic acids is 1. The molecule has 9 nitrogen and oxygen atoms in total. The van der Waals surface area contributed by atoms with Crippen LogP contribution in [0.2, 0.25) is 0 Å². The van der Waals surface area contributed by atoms with E-state index in [-0.39, 0.29) is 49.2 Å². The van der Waals surface area contributed by atoms with Crippen molar-refractivity contribution < 1.29 is 38.5 Å². The lowest BCUT2D eigenvalue weighted by Crippen LogP contribution is -2.43. The maximum atomic E-state index is 12.4. The number of hydrogen-bond donors (Lipinski definition) is 2. The minimum atomic E-state index is -1.07. The first-order valence-corrected chi connectivity index (χ1v) is 13.8. The highest BCUT2D eigenvalue weighted by molar-refractivity contribution is 5.77. The van der Waals surface area contributed by atoms with Gasteiger partial charge in [-0.15, -0.1) is 0 Å². The summed E-state index contributed by atoms with van der Waals surface area (Å²) in [6.45, 7) is 9.61. The Balaban J connectivity index is 2.96. The summed E-state index contributed by atoms with van der Waals surface area (Å²) in [6.07, 6.45) is 5.84. The van der Waals surface area contributed by atoms with Crippen LogP contribution < -0.4 is 14.8 Å². The molecular weight excluding hydrogens is 490 g/mol. The number of esters is 3. The van der Waals surface area contributed by atoms with Crippen molar-refractivity contribution in [1.29, 1.82) is 0 Å². The van der Waals surface area contributed by atoms with Crippen molar-refractivity contribution in [3.63, 3.8) is 0 Å². The molecule has 9 heteroatoms. The molecule has 0 radical (unpaired) electrons. The van der Waals surface area contributed by atoms with E-state index in [1.807, 2.05) is 20.8 Å². The van der Waals surface area contributed by atoms with Crippen molar-refractivity contribution in [2.45, 2.75) is 111 Å². The number of benzene rings is 1. The van der Waals surface area contributed by atoms with E-state index in [0.717, 1.165) is 25.7 Å². The molecule has 0 saturated carbocycles. The van der Waals surface area contributed by atoms with E-state index in [2.05, 4.69) is 5.32 Å². The molecule has 0 aliphatic heterocycles. The first kappa shape index (κ1) is 33.1. The number of carboxylic acid groups (broad SMARTS) is 1. The van der Waals surface area contributed by atoms with Gasteiger partial charge in [-0.05, 0) is 50.3 Å². The quantitative estimate of drug-likeness (QED) is 0.139. The lowest BCUT2D eigenvalue weighted by atomic mass is 10.0. The van der Waals surface area contributed by atoms with Gasteiger partial charge in [0.25, 0.3) is 0 Å². The molecule has 0 bridgehead atoms. The third-order valence-corrected chi connectivity index (χ3v) is 6.15. The van der Waals surface area contributed by atoms with Crippen LogP contribution in [0.3, 0.4) is 0 Å². The lowest BCUT2D eigenvalue weighted by Gasteiger charge is -2.20. The summed E-state index contributed by atoms with van der Waals surface area (Å²) in [7, 11) is 0. The van der Waals surface area contributed by atoms with Crippen molar-refractivity contribution in [2.24, 2.45) is 5.92 Å². The van der Waals surface area contributed by atoms with E-state index in [1.165, 1.54) is 12.1 Å². The summed E-state index contributed by atoms with van der Waals surface area (Å²) < 4.78 is 16.4. The molecule has 0 aliphatic carbocycles. The normalized spacial score (nSPS) is 13.3. The van der Waals surface area contributed by atoms with Gasteiger partial charge < -0.3 is 24.6 Å². The summed E-state index contributed by atoms with van der Waals surface area (Å²) in [6, 6.07) is 3.73. The molecule has 0 amide bonds. The minimum Gasteiger partial charge on any atom is -0.480 e. The molecule has 1 rings (SSSR count). The summed E-state index contributed by atoms with van der Waals surface area (Å²) in [5.41, 5.74) is 0.580. The molecule has 0 aromatic heterocycles. The topological polar surface area (TPSA) is 128 Å². The molecule has 0 spiro atoms. The van der Waals surface area contributed by atoms with Gasteiger partial charge in [-0.2, -0.15) is 0 Å². The molecule has 2 N–H and O–H groups in total. The average Bonchev–Trinajstić information content (AvgIpc) is 2.87. The van der Waals surface area contributed by atoms with Crippen LogP contribution in [0.25, 0.3) is 0 Å². The molecule has 2 unspecified atom stereocenters. The summed E-state index contributed by atoms with van der Waals surface area (Å²) in [4.78, 5) is 48.6. The molecule has 1 aromatic rings. The number of unbranched alkanes of at least 4 members (excludes halogenated alkanes) is 4. The van der Waals surface area contributed by atoms with Gasteiger partial charge in [-0.25, -0.2) is 0 Å². The van der Waals surface area contributed by atoms with Crippen LogP contribution in [0.1, 0.15) is 98.0 Å². The summed E-state index contributed by atoms with van der Waals surface area (Å²) >= 11 is 0. The van der Waals surface area contributed by atoms with E-state index >= 15 is 0 Å². The van der Waals surface area contributed by atoms with Gasteiger partial charge in [0.15, 0.2) is 11.5 Å². The third kappa shape index (κ3) is 13.0. The molecule has 214 valence electrons. The minimum absolute atomic E-state index is 0.0759. The largest absolute Gasteiger partial charge is 0.480 e. The summed E-state index contributed by atoms with van der Waals surface area (Å²) in [5, 5.41) is 12.7. The van der Waals surface area contributed by atoms with Crippen LogP contribution >= 0.6 is 0 Å². The highest BCUT2D eigenvalue weighted by atomic mass is 16.6. The van der Waals surface area contributed by atoms with Gasteiger partial charge in [0.2, 0.25) is 0 Å². The molecule has 0 saturated heterocycles. The van der Waals surface area contributed by atoms with Gasteiger partial charge in [0, 0.05) is 19.4 Å². The first-order valence-electron chi connectivity index (χ1n) is 13.8. The number of carbonyl (C=O) groups excluding carboxylic acids is 3. The van der Waals surface area contributed by atoms with Crippen LogP contribution in [-0.4, -0.2) is 47.7 Å². The standard InChI is InChI=1S/C29H45NO8/c1-6-9-11-13-26(31)37-24-16-15-22(18-25(24)38-27(32)14-12-10-7-2)17-23(28(33)34)30-19-21(5)36-29(35)20(4)8-3/h15-16,18,20-21,23,30H,6-14,17,19H2,1-5H3,(H,33,34)/t20?,21?,23-/m0/s1. The fourth-order valence-corrected chi connectivity index (χ4v) is 3.54. The van der Waals surface area contributed by atoms with Crippen molar-refractivity contribution in [3.05, 3.63) is 23.8 Å². The molecule has 3 atom stereocenters. The average molecular weight is 536 g/mol. The second-order valence-electron chi connectivity index (χ2n) is 9.70. The van der Waals surface area contributed by atoms with E-state index in [0.29, 0.717) is 24.8 Å². The molecule has 0 aliphatic rings. The van der Waals surface area contributed by atoms with Crippen LogP contribution in [0, 0.1) is 5.92 Å². The Morgan fingerprint density at radius 1 is 0.868 bits per heavy atom. The van der Waals surface area contributed by atoms with E-state index in [9.17, 15) is 24.3 Å². The predicted molar refractivity (Wildman–Crippen MR) is 144 cm³/mol. The van der Waals surface area contributed by atoms with Gasteiger partial charge >= 0.3 is 23.9 Å². The predicted octanol–water partition coefficient (Wildman–Crippen LogP) is 5.22. The van der Waals surface area contributed by atoms with E-state index < -0.39 is 30.1 Å². The van der Waals surface area contributed by atoms with Gasteiger partial charge in [-0.1, -0.05) is 59.4 Å². The summed E-state index contributed by atoms with van der Waals surface area (Å²) in [5.74, 6) is -2.26. The van der Waals surface area contributed by atoms with E-state index in [4.69, 9.17) is 14.2 Å². The van der Waals surface area contributed by atoms with Crippen molar-refractivity contribution in [3.8, 4) is 11.5 Å². The van der Waals surface area contributed by atoms with Gasteiger partial charge in [0.05, 0.1) is 5.92 Å². The van der Waals surface area contributed by atoms with Crippen LogP contribution in [-0.2, 0) is 30.3 Å². The second kappa shape index (κ2) is 18.3. The SMILES string of the molecule is CCCCCC(=O)Oc1ccc(C[C@H](NCC(C)OC(=O)C(C)CC)C(=O)O)cc1OC(=O)CCCCC. The van der Waals surface area contributed by atoms with Crippen molar-refractivity contribution in [1.82, 2.24) is 5.32 Å². The number of carbonyl (C=O) groups is 4.